The smallest absolute Gasteiger partial charge is 0.344 e. The third-order valence-electron chi connectivity index (χ3n) is 5.64. The fourth-order valence-corrected chi connectivity index (χ4v) is 5.13. The predicted molar refractivity (Wildman–Crippen MR) is 131 cm³/mol. The minimum Gasteiger partial charge on any atom is -0.465 e. The Bertz CT molecular complexity index is 429. The van der Waals surface area contributed by atoms with Gasteiger partial charge in [0.1, 0.15) is 0 Å². The summed E-state index contributed by atoms with van der Waals surface area (Å²) >= 11 is 0. The molecule has 0 bridgehead atoms. The SMILES string of the molecule is CCCCCCCCCCOP(=O)(OCCCCCCCCCC)C(C)C(=O)OCC. The van der Waals surface area contributed by atoms with E-state index < -0.39 is 19.2 Å². The molecule has 0 radical (unpaired) electrons. The highest BCUT2D eigenvalue weighted by Crippen LogP contribution is 2.53. The topological polar surface area (TPSA) is 61.8 Å². The second kappa shape index (κ2) is 21.5. The number of ether oxygens (including phenoxy) is 1. The molecule has 0 aromatic heterocycles. The first-order valence-electron chi connectivity index (χ1n) is 13.1. The summed E-state index contributed by atoms with van der Waals surface area (Å²) in [6.45, 7) is 8.80. The molecule has 0 amide bonds. The van der Waals surface area contributed by atoms with E-state index >= 15 is 0 Å². The fraction of sp³-hybridized carbons (Fsp3) is 0.960. The summed E-state index contributed by atoms with van der Waals surface area (Å²) in [5.74, 6) is -0.502. The van der Waals surface area contributed by atoms with E-state index in [2.05, 4.69) is 13.8 Å². The minimum atomic E-state index is -3.51. The molecular formula is C25H51O5P. The van der Waals surface area contributed by atoms with Crippen LogP contribution in [0.4, 0.5) is 0 Å². The van der Waals surface area contributed by atoms with E-state index in [1.54, 1.807) is 13.8 Å². The molecule has 1 unspecified atom stereocenters. The number of hydrogen-bond donors (Lipinski definition) is 0. The van der Waals surface area contributed by atoms with E-state index in [-0.39, 0.29) is 6.61 Å². The van der Waals surface area contributed by atoms with Crippen molar-refractivity contribution in [2.45, 2.75) is 136 Å². The van der Waals surface area contributed by atoms with Gasteiger partial charge in [-0.15, -0.1) is 0 Å². The van der Waals surface area contributed by atoms with Gasteiger partial charge in [-0.3, -0.25) is 9.36 Å². The van der Waals surface area contributed by atoms with Gasteiger partial charge in [-0.25, -0.2) is 0 Å². The summed E-state index contributed by atoms with van der Waals surface area (Å²) in [6, 6.07) is 0. The lowest BCUT2D eigenvalue weighted by Crippen LogP contribution is -2.23. The van der Waals surface area contributed by atoms with Crippen LogP contribution in [-0.2, 0) is 23.1 Å². The number of hydrogen-bond acceptors (Lipinski definition) is 5. The number of unbranched alkanes of at least 4 members (excludes halogenated alkanes) is 14. The molecule has 0 aliphatic rings. The summed E-state index contributed by atoms with van der Waals surface area (Å²) in [5.41, 5.74) is -0.879. The number of carbonyl (C=O) groups is 1. The van der Waals surface area contributed by atoms with Gasteiger partial charge < -0.3 is 13.8 Å². The summed E-state index contributed by atoms with van der Waals surface area (Å²) < 4.78 is 29.8. The van der Waals surface area contributed by atoms with Crippen molar-refractivity contribution in [1.82, 2.24) is 0 Å². The second-order valence-electron chi connectivity index (χ2n) is 8.58. The van der Waals surface area contributed by atoms with Crippen LogP contribution in [0.1, 0.15) is 130 Å². The first-order chi connectivity index (χ1) is 15.0. The van der Waals surface area contributed by atoms with Gasteiger partial charge in [0.15, 0.2) is 5.66 Å². The molecule has 0 aromatic carbocycles. The Kier molecular flexibility index (Phi) is 21.2. The zero-order valence-electron chi connectivity index (χ0n) is 21.0. The van der Waals surface area contributed by atoms with Crippen LogP contribution in [0.2, 0.25) is 0 Å². The van der Waals surface area contributed by atoms with E-state index in [0.717, 1.165) is 25.7 Å². The molecule has 1 atom stereocenters. The van der Waals surface area contributed by atoms with Gasteiger partial charge in [-0.1, -0.05) is 104 Å². The Morgan fingerprint density at radius 1 is 0.645 bits per heavy atom. The maximum absolute atomic E-state index is 13.3. The first kappa shape index (κ1) is 30.6. The quantitative estimate of drug-likeness (QED) is 0.0866. The average Bonchev–Trinajstić information content (AvgIpc) is 2.76. The van der Waals surface area contributed by atoms with E-state index in [9.17, 15) is 9.36 Å². The van der Waals surface area contributed by atoms with E-state index in [0.29, 0.717) is 13.2 Å². The van der Waals surface area contributed by atoms with Crippen LogP contribution in [0, 0.1) is 0 Å². The molecule has 0 spiro atoms. The van der Waals surface area contributed by atoms with Crippen molar-refractivity contribution in [2.75, 3.05) is 19.8 Å². The molecular weight excluding hydrogens is 411 g/mol. The fourth-order valence-electron chi connectivity index (χ4n) is 3.51. The highest BCUT2D eigenvalue weighted by molar-refractivity contribution is 7.55. The van der Waals surface area contributed by atoms with Crippen molar-refractivity contribution < 1.29 is 23.1 Å². The molecule has 0 aliphatic heterocycles. The molecule has 0 saturated heterocycles. The van der Waals surface area contributed by atoms with Crippen molar-refractivity contribution in [3.05, 3.63) is 0 Å². The summed E-state index contributed by atoms with van der Waals surface area (Å²) in [5, 5.41) is 0. The Labute approximate surface area is 192 Å². The largest absolute Gasteiger partial charge is 0.465 e. The van der Waals surface area contributed by atoms with Crippen LogP contribution < -0.4 is 0 Å². The average molecular weight is 463 g/mol. The van der Waals surface area contributed by atoms with Crippen LogP contribution in [0.5, 0.6) is 0 Å². The van der Waals surface area contributed by atoms with Gasteiger partial charge in [-0.2, -0.15) is 0 Å². The van der Waals surface area contributed by atoms with Gasteiger partial charge in [0.05, 0.1) is 19.8 Å². The van der Waals surface area contributed by atoms with Crippen molar-refractivity contribution in [3.8, 4) is 0 Å². The lowest BCUT2D eigenvalue weighted by atomic mass is 10.1. The first-order valence-corrected chi connectivity index (χ1v) is 14.7. The Balaban J connectivity index is 4.24. The van der Waals surface area contributed by atoms with Crippen LogP contribution in [-0.4, -0.2) is 31.4 Å². The predicted octanol–water partition coefficient (Wildman–Crippen LogP) is 8.45. The lowest BCUT2D eigenvalue weighted by Gasteiger charge is -2.23. The second-order valence-corrected chi connectivity index (χ2v) is 11.0. The van der Waals surface area contributed by atoms with Gasteiger partial charge in [-0.05, 0) is 26.7 Å². The molecule has 0 aliphatic carbocycles. The van der Waals surface area contributed by atoms with Gasteiger partial charge >= 0.3 is 13.6 Å². The lowest BCUT2D eigenvalue weighted by molar-refractivity contribution is -0.142. The van der Waals surface area contributed by atoms with Crippen LogP contribution >= 0.6 is 7.60 Å². The van der Waals surface area contributed by atoms with Gasteiger partial charge in [0.25, 0.3) is 0 Å². The highest BCUT2D eigenvalue weighted by Gasteiger charge is 2.38. The molecule has 0 rings (SSSR count). The van der Waals surface area contributed by atoms with E-state index in [4.69, 9.17) is 13.8 Å². The monoisotopic (exact) mass is 462 g/mol. The molecule has 0 saturated carbocycles. The minimum absolute atomic E-state index is 0.263. The zero-order valence-corrected chi connectivity index (χ0v) is 21.9. The molecule has 0 fully saturated rings. The zero-order chi connectivity index (χ0) is 23.2. The number of rotatable bonds is 23. The van der Waals surface area contributed by atoms with Gasteiger partial charge in [0.2, 0.25) is 0 Å². The van der Waals surface area contributed by atoms with Crippen molar-refractivity contribution in [3.63, 3.8) is 0 Å². The standard InChI is InChI=1S/C25H51O5P/c1-5-8-10-12-14-16-18-20-22-29-31(27,24(4)25(26)28-7-3)30-23-21-19-17-15-13-11-9-6-2/h24H,5-23H2,1-4H3. The molecule has 31 heavy (non-hydrogen) atoms. The normalized spacial score (nSPS) is 12.8. The summed E-state index contributed by atoms with van der Waals surface area (Å²) in [6.07, 6.45) is 19.0. The highest BCUT2D eigenvalue weighted by atomic mass is 31.2. The Hall–Kier alpha value is -0.380. The van der Waals surface area contributed by atoms with E-state index in [1.165, 1.54) is 77.0 Å². The van der Waals surface area contributed by atoms with Crippen LogP contribution in [0.3, 0.4) is 0 Å². The van der Waals surface area contributed by atoms with Crippen LogP contribution in [0.25, 0.3) is 0 Å². The Morgan fingerprint density at radius 2 is 1.00 bits per heavy atom. The molecule has 0 aromatic rings. The Morgan fingerprint density at radius 3 is 1.35 bits per heavy atom. The molecule has 6 heteroatoms. The third kappa shape index (κ3) is 16.8. The maximum atomic E-state index is 13.3. The van der Waals surface area contributed by atoms with Gasteiger partial charge in [0, 0.05) is 0 Å². The molecule has 5 nitrogen and oxygen atoms in total. The number of carbonyl (C=O) groups excluding carboxylic acids is 1. The maximum Gasteiger partial charge on any atom is 0.344 e. The van der Waals surface area contributed by atoms with Crippen molar-refractivity contribution in [2.24, 2.45) is 0 Å². The van der Waals surface area contributed by atoms with E-state index in [1.807, 2.05) is 0 Å². The molecule has 0 heterocycles. The number of esters is 1. The summed E-state index contributed by atoms with van der Waals surface area (Å²) in [4.78, 5) is 12.2. The summed E-state index contributed by atoms with van der Waals surface area (Å²) in [7, 11) is -3.51. The van der Waals surface area contributed by atoms with Crippen molar-refractivity contribution >= 4 is 13.6 Å². The molecule has 186 valence electrons. The van der Waals surface area contributed by atoms with Crippen molar-refractivity contribution in [1.29, 1.82) is 0 Å². The molecule has 0 N–H and O–H groups in total. The van der Waals surface area contributed by atoms with Crippen LogP contribution in [0.15, 0.2) is 0 Å². The third-order valence-corrected chi connectivity index (χ3v) is 7.88.